The van der Waals surface area contributed by atoms with Gasteiger partial charge in [-0.05, 0) is 32.0 Å². The lowest BCUT2D eigenvalue weighted by molar-refractivity contribution is 0.206. The van der Waals surface area contributed by atoms with Crippen LogP contribution in [-0.4, -0.2) is 31.1 Å². The summed E-state index contributed by atoms with van der Waals surface area (Å²) in [5.74, 6) is 0.0446. The van der Waals surface area contributed by atoms with Crippen molar-refractivity contribution in [3.8, 4) is 0 Å². The SMILES string of the molecule is CC1CN(C)CCC1Nc1cc(Cl)c(F)cc1N. The zero-order chi connectivity index (χ0) is 13.3. The Bertz CT molecular complexity index is 438. The molecular weight excluding hydrogens is 253 g/mol. The third kappa shape index (κ3) is 2.87. The van der Waals surface area contributed by atoms with Crippen LogP contribution in [0.3, 0.4) is 0 Å². The van der Waals surface area contributed by atoms with Crippen LogP contribution >= 0.6 is 11.6 Å². The Balaban J connectivity index is 2.12. The first-order valence-electron chi connectivity index (χ1n) is 6.17. The summed E-state index contributed by atoms with van der Waals surface area (Å²) in [7, 11) is 2.12. The first kappa shape index (κ1) is 13.4. The number of piperidine rings is 1. The lowest BCUT2D eigenvalue weighted by atomic mass is 9.94. The fourth-order valence-electron chi connectivity index (χ4n) is 2.46. The van der Waals surface area contributed by atoms with Gasteiger partial charge in [0.25, 0.3) is 0 Å². The second kappa shape index (κ2) is 5.33. The zero-order valence-electron chi connectivity index (χ0n) is 10.7. The van der Waals surface area contributed by atoms with Crippen LogP contribution in [0.15, 0.2) is 12.1 Å². The molecule has 100 valence electrons. The van der Waals surface area contributed by atoms with Crippen molar-refractivity contribution in [2.24, 2.45) is 5.92 Å². The molecule has 1 fully saturated rings. The van der Waals surface area contributed by atoms with E-state index >= 15 is 0 Å². The molecule has 1 aliphatic rings. The maximum Gasteiger partial charge on any atom is 0.143 e. The minimum Gasteiger partial charge on any atom is -0.397 e. The molecular formula is C13H19ClFN3. The zero-order valence-corrected chi connectivity index (χ0v) is 11.5. The van der Waals surface area contributed by atoms with Gasteiger partial charge in [0, 0.05) is 18.7 Å². The van der Waals surface area contributed by atoms with Crippen molar-refractivity contribution in [3.63, 3.8) is 0 Å². The highest BCUT2D eigenvalue weighted by molar-refractivity contribution is 6.31. The third-order valence-electron chi connectivity index (χ3n) is 3.54. The molecule has 0 radical (unpaired) electrons. The van der Waals surface area contributed by atoms with Crippen LogP contribution in [0.1, 0.15) is 13.3 Å². The molecule has 2 rings (SSSR count). The first-order chi connectivity index (χ1) is 8.47. The number of hydrogen-bond acceptors (Lipinski definition) is 3. The van der Waals surface area contributed by atoms with E-state index in [-0.39, 0.29) is 5.02 Å². The summed E-state index contributed by atoms with van der Waals surface area (Å²) in [6.45, 7) is 4.30. The molecule has 1 aromatic carbocycles. The summed E-state index contributed by atoms with van der Waals surface area (Å²) in [6.07, 6.45) is 1.05. The van der Waals surface area contributed by atoms with E-state index in [2.05, 4.69) is 24.2 Å². The van der Waals surface area contributed by atoms with Crippen molar-refractivity contribution in [1.82, 2.24) is 4.90 Å². The number of likely N-dealkylation sites (tertiary alicyclic amines) is 1. The van der Waals surface area contributed by atoms with Crippen molar-refractivity contribution in [3.05, 3.63) is 23.0 Å². The van der Waals surface area contributed by atoms with Crippen LogP contribution < -0.4 is 11.1 Å². The van der Waals surface area contributed by atoms with Gasteiger partial charge >= 0.3 is 0 Å². The fourth-order valence-corrected chi connectivity index (χ4v) is 2.62. The molecule has 2 atom stereocenters. The molecule has 0 aliphatic carbocycles. The predicted molar refractivity (Wildman–Crippen MR) is 74.5 cm³/mol. The molecule has 1 aliphatic heterocycles. The van der Waals surface area contributed by atoms with E-state index in [4.69, 9.17) is 17.3 Å². The van der Waals surface area contributed by atoms with Crippen LogP contribution in [0.2, 0.25) is 5.02 Å². The summed E-state index contributed by atoms with van der Waals surface area (Å²) < 4.78 is 13.2. The Kier molecular flexibility index (Phi) is 3.97. The highest BCUT2D eigenvalue weighted by atomic mass is 35.5. The molecule has 3 N–H and O–H groups in total. The van der Waals surface area contributed by atoms with Crippen LogP contribution in [0, 0.1) is 11.7 Å². The summed E-state index contributed by atoms with van der Waals surface area (Å²) in [6, 6.07) is 3.19. The van der Waals surface area contributed by atoms with Crippen LogP contribution in [0.4, 0.5) is 15.8 Å². The Labute approximate surface area is 112 Å². The van der Waals surface area contributed by atoms with E-state index in [0.717, 1.165) is 25.2 Å². The number of nitrogen functional groups attached to an aromatic ring is 1. The van der Waals surface area contributed by atoms with Crippen molar-refractivity contribution in [2.45, 2.75) is 19.4 Å². The van der Waals surface area contributed by atoms with Gasteiger partial charge < -0.3 is 16.0 Å². The normalized spacial score (nSPS) is 25.1. The molecule has 3 nitrogen and oxygen atoms in total. The molecule has 1 saturated heterocycles. The summed E-state index contributed by atoms with van der Waals surface area (Å²) in [5, 5.41) is 3.49. The Morgan fingerprint density at radius 2 is 2.22 bits per heavy atom. The van der Waals surface area contributed by atoms with Gasteiger partial charge in [0.05, 0.1) is 16.4 Å². The maximum absolute atomic E-state index is 13.2. The monoisotopic (exact) mass is 271 g/mol. The number of rotatable bonds is 2. The van der Waals surface area contributed by atoms with E-state index in [1.807, 2.05) is 0 Å². The number of halogens is 2. The fraction of sp³-hybridized carbons (Fsp3) is 0.538. The molecule has 0 amide bonds. The van der Waals surface area contributed by atoms with Crippen molar-refractivity contribution < 1.29 is 4.39 Å². The molecule has 2 unspecified atom stereocenters. The summed E-state index contributed by atoms with van der Waals surface area (Å²) >= 11 is 5.78. The molecule has 5 heteroatoms. The van der Waals surface area contributed by atoms with Crippen molar-refractivity contribution in [1.29, 1.82) is 0 Å². The molecule has 0 saturated carbocycles. The van der Waals surface area contributed by atoms with Gasteiger partial charge in [-0.3, -0.25) is 0 Å². The van der Waals surface area contributed by atoms with Gasteiger partial charge in [0.2, 0.25) is 0 Å². The molecule has 18 heavy (non-hydrogen) atoms. The Hall–Kier alpha value is -1.00. The number of nitrogens with one attached hydrogen (secondary N) is 1. The minimum atomic E-state index is -0.476. The van der Waals surface area contributed by atoms with Gasteiger partial charge in [0.15, 0.2) is 0 Å². The summed E-state index contributed by atoms with van der Waals surface area (Å²) in [4.78, 5) is 2.31. The average Bonchev–Trinajstić information content (AvgIpc) is 2.29. The lowest BCUT2D eigenvalue weighted by Crippen LogP contribution is -2.43. The highest BCUT2D eigenvalue weighted by Gasteiger charge is 2.24. The lowest BCUT2D eigenvalue weighted by Gasteiger charge is -2.36. The second-order valence-electron chi connectivity index (χ2n) is 5.13. The van der Waals surface area contributed by atoms with Gasteiger partial charge in [0.1, 0.15) is 5.82 Å². The van der Waals surface area contributed by atoms with E-state index in [9.17, 15) is 4.39 Å². The average molecular weight is 272 g/mol. The topological polar surface area (TPSA) is 41.3 Å². The maximum atomic E-state index is 13.2. The smallest absolute Gasteiger partial charge is 0.143 e. The van der Waals surface area contributed by atoms with Crippen molar-refractivity contribution in [2.75, 3.05) is 31.2 Å². The van der Waals surface area contributed by atoms with E-state index in [0.29, 0.717) is 17.6 Å². The second-order valence-corrected chi connectivity index (χ2v) is 5.54. The van der Waals surface area contributed by atoms with E-state index in [1.54, 1.807) is 6.07 Å². The summed E-state index contributed by atoms with van der Waals surface area (Å²) in [5.41, 5.74) is 6.94. The van der Waals surface area contributed by atoms with Gasteiger partial charge in [-0.1, -0.05) is 18.5 Å². The number of anilines is 2. The molecule has 0 spiro atoms. The number of nitrogens with zero attached hydrogens (tertiary/aromatic N) is 1. The molecule has 0 aromatic heterocycles. The van der Waals surface area contributed by atoms with Gasteiger partial charge in [-0.25, -0.2) is 4.39 Å². The highest BCUT2D eigenvalue weighted by Crippen LogP contribution is 2.29. The first-order valence-corrected chi connectivity index (χ1v) is 6.54. The van der Waals surface area contributed by atoms with Crippen LogP contribution in [-0.2, 0) is 0 Å². The number of nitrogens with two attached hydrogens (primary N) is 1. The minimum absolute atomic E-state index is 0.104. The van der Waals surface area contributed by atoms with Gasteiger partial charge in [-0.15, -0.1) is 0 Å². The standard InChI is InChI=1S/C13H19ClFN3/c1-8-7-18(2)4-3-12(8)17-13-5-9(14)10(15)6-11(13)16/h5-6,8,12,17H,3-4,7,16H2,1-2H3. The van der Waals surface area contributed by atoms with E-state index < -0.39 is 5.82 Å². The van der Waals surface area contributed by atoms with Crippen LogP contribution in [0.25, 0.3) is 0 Å². The largest absolute Gasteiger partial charge is 0.397 e. The Morgan fingerprint density at radius 1 is 1.50 bits per heavy atom. The van der Waals surface area contributed by atoms with Gasteiger partial charge in [-0.2, -0.15) is 0 Å². The quantitative estimate of drug-likeness (QED) is 0.813. The number of benzene rings is 1. The third-order valence-corrected chi connectivity index (χ3v) is 3.83. The van der Waals surface area contributed by atoms with E-state index in [1.165, 1.54) is 6.07 Å². The van der Waals surface area contributed by atoms with Crippen LogP contribution in [0.5, 0.6) is 0 Å². The molecule has 1 aromatic rings. The van der Waals surface area contributed by atoms with Crippen molar-refractivity contribution >= 4 is 23.0 Å². The number of hydrogen-bond donors (Lipinski definition) is 2. The molecule has 1 heterocycles. The molecule has 0 bridgehead atoms. The predicted octanol–water partition coefficient (Wildman–Crippen LogP) is 2.81. The Morgan fingerprint density at radius 3 is 2.89 bits per heavy atom.